The van der Waals surface area contributed by atoms with Crippen molar-refractivity contribution in [1.29, 1.82) is 0 Å². The Kier molecular flexibility index (Phi) is 3.45. The molecule has 0 bridgehead atoms. The summed E-state index contributed by atoms with van der Waals surface area (Å²) in [6.07, 6.45) is 1.81. The molecule has 0 aromatic carbocycles. The Balaban J connectivity index is 2.90. The molecule has 0 aliphatic carbocycles. The molecule has 13 heavy (non-hydrogen) atoms. The molecular formula is C9H18N4. The summed E-state index contributed by atoms with van der Waals surface area (Å²) in [4.78, 5) is 0. The lowest BCUT2D eigenvalue weighted by Crippen LogP contribution is -2.33. The number of nitrogens with one attached hydrogen (secondary N) is 1. The van der Waals surface area contributed by atoms with E-state index in [1.54, 1.807) is 0 Å². The van der Waals surface area contributed by atoms with E-state index < -0.39 is 0 Å². The second-order valence-electron chi connectivity index (χ2n) is 3.46. The first-order valence-corrected chi connectivity index (χ1v) is 4.68. The molecule has 0 spiro atoms. The lowest BCUT2D eigenvalue weighted by atomic mass is 10.0. The fourth-order valence-corrected chi connectivity index (χ4v) is 1.49. The summed E-state index contributed by atoms with van der Waals surface area (Å²) in [6, 6.07) is 2.19. The van der Waals surface area contributed by atoms with Crippen LogP contribution >= 0.6 is 0 Å². The molecule has 74 valence electrons. The first-order valence-electron chi connectivity index (χ1n) is 4.68. The summed E-state index contributed by atoms with van der Waals surface area (Å²) in [5.41, 5.74) is 3.97. The van der Waals surface area contributed by atoms with Crippen molar-refractivity contribution >= 4 is 0 Å². The number of hydrogen-bond donors (Lipinski definition) is 2. The zero-order chi connectivity index (χ0) is 9.84. The van der Waals surface area contributed by atoms with Gasteiger partial charge in [0.25, 0.3) is 0 Å². The fraction of sp³-hybridized carbons (Fsp3) is 0.667. The van der Waals surface area contributed by atoms with Gasteiger partial charge in [0, 0.05) is 12.7 Å². The number of aryl methyl sites for hydroxylation is 1. The van der Waals surface area contributed by atoms with Crippen LogP contribution in [0.25, 0.3) is 0 Å². The van der Waals surface area contributed by atoms with Gasteiger partial charge in [0.2, 0.25) is 0 Å². The third-order valence-electron chi connectivity index (χ3n) is 2.21. The molecule has 3 N–H and O–H groups in total. The number of rotatable bonds is 4. The SMILES string of the molecule is CCn1nccc1C(NN)C(C)C. The Labute approximate surface area is 79.1 Å². The van der Waals surface area contributed by atoms with Gasteiger partial charge in [-0.25, -0.2) is 0 Å². The predicted octanol–water partition coefficient (Wildman–Crippen LogP) is 1.06. The monoisotopic (exact) mass is 182 g/mol. The molecule has 0 amide bonds. The highest BCUT2D eigenvalue weighted by Crippen LogP contribution is 2.19. The maximum atomic E-state index is 5.50. The number of nitrogens with zero attached hydrogens (tertiary/aromatic N) is 2. The third-order valence-corrected chi connectivity index (χ3v) is 2.21. The van der Waals surface area contributed by atoms with Crippen LogP contribution < -0.4 is 11.3 Å². The Hall–Kier alpha value is -0.870. The van der Waals surface area contributed by atoms with Crippen molar-refractivity contribution in [1.82, 2.24) is 15.2 Å². The van der Waals surface area contributed by atoms with Gasteiger partial charge in [-0.05, 0) is 18.9 Å². The first kappa shape index (κ1) is 10.2. The highest BCUT2D eigenvalue weighted by atomic mass is 15.3. The highest BCUT2D eigenvalue weighted by molar-refractivity contribution is 5.07. The van der Waals surface area contributed by atoms with Crippen LogP contribution in [0.15, 0.2) is 12.3 Å². The van der Waals surface area contributed by atoms with E-state index in [0.29, 0.717) is 5.92 Å². The van der Waals surface area contributed by atoms with Gasteiger partial charge >= 0.3 is 0 Å². The number of hydrogen-bond acceptors (Lipinski definition) is 3. The van der Waals surface area contributed by atoms with E-state index in [2.05, 4.69) is 31.3 Å². The lowest BCUT2D eigenvalue weighted by molar-refractivity contribution is 0.391. The van der Waals surface area contributed by atoms with E-state index >= 15 is 0 Å². The summed E-state index contributed by atoms with van der Waals surface area (Å²) in [6.45, 7) is 7.23. The largest absolute Gasteiger partial charge is 0.271 e. The van der Waals surface area contributed by atoms with Gasteiger partial charge in [-0.1, -0.05) is 13.8 Å². The molecule has 1 aromatic heterocycles. The van der Waals surface area contributed by atoms with E-state index in [4.69, 9.17) is 5.84 Å². The summed E-state index contributed by atoms with van der Waals surface area (Å²) in [5.74, 6) is 5.96. The minimum Gasteiger partial charge on any atom is -0.271 e. The minimum absolute atomic E-state index is 0.183. The maximum Gasteiger partial charge on any atom is 0.0651 e. The van der Waals surface area contributed by atoms with Gasteiger partial charge in [-0.2, -0.15) is 5.10 Å². The van der Waals surface area contributed by atoms with Crippen molar-refractivity contribution in [2.24, 2.45) is 11.8 Å². The van der Waals surface area contributed by atoms with E-state index in [1.807, 2.05) is 16.9 Å². The van der Waals surface area contributed by atoms with Crippen molar-refractivity contribution < 1.29 is 0 Å². The third kappa shape index (κ3) is 2.08. The lowest BCUT2D eigenvalue weighted by Gasteiger charge is -2.20. The van der Waals surface area contributed by atoms with Crippen LogP contribution in [0.4, 0.5) is 0 Å². The Morgan fingerprint density at radius 1 is 1.62 bits per heavy atom. The molecule has 1 atom stereocenters. The summed E-state index contributed by atoms with van der Waals surface area (Å²) in [7, 11) is 0. The summed E-state index contributed by atoms with van der Waals surface area (Å²) < 4.78 is 1.96. The average Bonchev–Trinajstić information content (AvgIpc) is 2.53. The van der Waals surface area contributed by atoms with Crippen molar-refractivity contribution in [2.45, 2.75) is 33.4 Å². The molecule has 0 aliphatic heterocycles. The number of nitrogens with two attached hydrogens (primary N) is 1. The van der Waals surface area contributed by atoms with Crippen LogP contribution in [0.3, 0.4) is 0 Å². The molecule has 0 saturated heterocycles. The molecule has 0 aliphatic rings. The van der Waals surface area contributed by atoms with Gasteiger partial charge in [0.05, 0.1) is 11.7 Å². The minimum atomic E-state index is 0.183. The zero-order valence-electron chi connectivity index (χ0n) is 8.49. The molecule has 4 heteroatoms. The van der Waals surface area contributed by atoms with Crippen LogP contribution in [0.2, 0.25) is 0 Å². The van der Waals surface area contributed by atoms with Gasteiger partial charge < -0.3 is 0 Å². The second-order valence-corrected chi connectivity index (χ2v) is 3.46. The zero-order valence-corrected chi connectivity index (χ0v) is 8.49. The second kappa shape index (κ2) is 4.39. The van der Waals surface area contributed by atoms with Gasteiger partial charge in [0.15, 0.2) is 0 Å². The average molecular weight is 182 g/mol. The van der Waals surface area contributed by atoms with Crippen LogP contribution in [0.5, 0.6) is 0 Å². The molecule has 0 radical (unpaired) electrons. The molecule has 1 heterocycles. The topological polar surface area (TPSA) is 55.9 Å². The molecule has 1 rings (SSSR count). The van der Waals surface area contributed by atoms with Crippen LogP contribution in [0.1, 0.15) is 32.5 Å². The van der Waals surface area contributed by atoms with Crippen LogP contribution in [-0.2, 0) is 6.54 Å². The molecule has 4 nitrogen and oxygen atoms in total. The first-order chi connectivity index (χ1) is 6.20. The molecule has 0 saturated carbocycles. The van der Waals surface area contributed by atoms with Gasteiger partial charge in [-0.3, -0.25) is 16.0 Å². The molecule has 0 fully saturated rings. The Bertz CT molecular complexity index is 254. The van der Waals surface area contributed by atoms with Crippen LogP contribution in [-0.4, -0.2) is 9.78 Å². The van der Waals surface area contributed by atoms with E-state index in [9.17, 15) is 0 Å². The van der Waals surface area contributed by atoms with Crippen molar-refractivity contribution in [3.63, 3.8) is 0 Å². The van der Waals surface area contributed by atoms with Crippen LogP contribution in [0, 0.1) is 5.92 Å². The molecule has 1 unspecified atom stereocenters. The smallest absolute Gasteiger partial charge is 0.0651 e. The quantitative estimate of drug-likeness (QED) is 0.541. The van der Waals surface area contributed by atoms with Gasteiger partial charge in [0.1, 0.15) is 0 Å². The number of aromatic nitrogens is 2. The fourth-order valence-electron chi connectivity index (χ4n) is 1.49. The maximum absolute atomic E-state index is 5.50. The van der Waals surface area contributed by atoms with E-state index in [-0.39, 0.29) is 6.04 Å². The van der Waals surface area contributed by atoms with Crippen molar-refractivity contribution in [2.75, 3.05) is 0 Å². The standard InChI is InChI=1S/C9H18N4/c1-4-13-8(5-6-11-13)9(12-10)7(2)3/h5-7,9,12H,4,10H2,1-3H3. The van der Waals surface area contributed by atoms with E-state index in [0.717, 1.165) is 12.2 Å². The Morgan fingerprint density at radius 2 is 2.31 bits per heavy atom. The highest BCUT2D eigenvalue weighted by Gasteiger charge is 2.17. The predicted molar refractivity (Wildman–Crippen MR) is 52.8 cm³/mol. The normalized spacial score (nSPS) is 13.6. The molecule has 1 aromatic rings. The van der Waals surface area contributed by atoms with Crippen molar-refractivity contribution in [3.8, 4) is 0 Å². The van der Waals surface area contributed by atoms with E-state index in [1.165, 1.54) is 0 Å². The van der Waals surface area contributed by atoms with Gasteiger partial charge in [-0.15, -0.1) is 0 Å². The number of hydrazine groups is 1. The van der Waals surface area contributed by atoms with Crippen molar-refractivity contribution in [3.05, 3.63) is 18.0 Å². The Morgan fingerprint density at radius 3 is 2.77 bits per heavy atom. The summed E-state index contributed by atoms with van der Waals surface area (Å²) >= 11 is 0. The summed E-state index contributed by atoms with van der Waals surface area (Å²) in [5, 5.41) is 4.21. The molecular weight excluding hydrogens is 164 g/mol.